The summed E-state index contributed by atoms with van der Waals surface area (Å²) in [6.45, 7) is 9.50. The molecule has 9 heteroatoms. The molecule has 5 aliphatic carbocycles. The number of aliphatic hydroxyl groups is 1. The molecule has 4 bridgehead atoms. The number of carbonyl (C=O) groups excluding carboxylic acids is 2. The van der Waals surface area contributed by atoms with Gasteiger partial charge in [-0.1, -0.05) is 92.6 Å². The van der Waals surface area contributed by atoms with Crippen molar-refractivity contribution in [3.05, 3.63) is 95.1 Å². The molecule has 2 heterocycles. The summed E-state index contributed by atoms with van der Waals surface area (Å²) in [5, 5.41) is 19.8. The number of fused-ring (bicyclic) bond motifs is 1. The van der Waals surface area contributed by atoms with Gasteiger partial charge in [0.15, 0.2) is 6.29 Å². The second-order valence-electron chi connectivity index (χ2n) is 20.7. The van der Waals surface area contributed by atoms with Crippen LogP contribution in [0.5, 0.6) is 0 Å². The minimum atomic E-state index is -0.609. The Labute approximate surface area is 357 Å². The number of nitrogens with one attached hydrogen (secondary N) is 3. The molecular formula is C51H68N4O5. The Bertz CT molecular complexity index is 1940. The van der Waals surface area contributed by atoms with E-state index in [9.17, 15) is 14.7 Å². The fourth-order valence-electron chi connectivity index (χ4n) is 12.8. The number of ether oxygens (including phenoxy) is 2. The third kappa shape index (κ3) is 8.93. The molecule has 0 aromatic heterocycles. The van der Waals surface area contributed by atoms with E-state index in [0.717, 1.165) is 89.7 Å². The molecule has 2 saturated heterocycles. The van der Waals surface area contributed by atoms with Crippen molar-refractivity contribution in [1.29, 1.82) is 0 Å². The largest absolute Gasteiger partial charge is 0.392 e. The number of carbonyl (C=O) groups is 2. The van der Waals surface area contributed by atoms with E-state index < -0.39 is 6.29 Å². The Hall–Kier alpha value is -3.76. The molecule has 7 atom stereocenters. The van der Waals surface area contributed by atoms with E-state index in [2.05, 4.69) is 103 Å². The smallest absolute Gasteiger partial charge is 0.315 e. The predicted octanol–water partition coefficient (Wildman–Crippen LogP) is 9.34. The molecule has 60 heavy (non-hydrogen) atoms. The first-order chi connectivity index (χ1) is 28.9. The Balaban J connectivity index is 0.935. The SMILES string of the molecule is CC1C(CN2C(C(=O)NC(C)(C)C)CCC3CCCCC32)OC(c2ccc(-c3ccccc3CNC(=O)NC34CC5CC(CC(C5)C3)C4)cc2)OC1c1ccc(CO)cc1. The van der Waals surface area contributed by atoms with Gasteiger partial charge in [-0.05, 0) is 136 Å². The minimum Gasteiger partial charge on any atom is -0.392 e. The van der Waals surface area contributed by atoms with Gasteiger partial charge in [0, 0.05) is 41.7 Å². The van der Waals surface area contributed by atoms with Gasteiger partial charge in [-0.2, -0.15) is 0 Å². The quantitative estimate of drug-likeness (QED) is 0.162. The lowest BCUT2D eigenvalue weighted by Gasteiger charge is -2.56. The van der Waals surface area contributed by atoms with E-state index in [0.29, 0.717) is 25.0 Å². The summed E-state index contributed by atoms with van der Waals surface area (Å²) < 4.78 is 13.9. The average Bonchev–Trinajstić information content (AvgIpc) is 3.22. The van der Waals surface area contributed by atoms with Gasteiger partial charge in [0.05, 0.1) is 24.9 Å². The molecule has 2 aliphatic heterocycles. The van der Waals surface area contributed by atoms with Crippen LogP contribution in [0.15, 0.2) is 72.8 Å². The third-order valence-electron chi connectivity index (χ3n) is 15.2. The summed E-state index contributed by atoms with van der Waals surface area (Å²) in [7, 11) is 0. The van der Waals surface area contributed by atoms with Crippen molar-refractivity contribution in [2.45, 2.75) is 160 Å². The highest BCUT2D eigenvalue weighted by molar-refractivity contribution is 5.82. The van der Waals surface area contributed by atoms with E-state index in [-0.39, 0.29) is 53.8 Å². The van der Waals surface area contributed by atoms with E-state index in [1.165, 1.54) is 38.5 Å². The van der Waals surface area contributed by atoms with Gasteiger partial charge in [0.1, 0.15) is 0 Å². The number of hydrogen-bond acceptors (Lipinski definition) is 6. The maximum atomic E-state index is 14.0. The van der Waals surface area contributed by atoms with E-state index >= 15 is 0 Å². The van der Waals surface area contributed by atoms with Gasteiger partial charge in [-0.3, -0.25) is 9.69 Å². The number of urea groups is 1. The average molecular weight is 817 g/mol. The van der Waals surface area contributed by atoms with Crippen LogP contribution in [0.25, 0.3) is 11.1 Å². The molecule has 3 aromatic carbocycles. The van der Waals surface area contributed by atoms with Crippen molar-refractivity contribution in [1.82, 2.24) is 20.9 Å². The van der Waals surface area contributed by atoms with Crippen LogP contribution < -0.4 is 16.0 Å². The number of likely N-dealkylation sites (tertiary alicyclic amines) is 1. The summed E-state index contributed by atoms with van der Waals surface area (Å²) in [6, 6.07) is 25.0. The maximum Gasteiger partial charge on any atom is 0.315 e. The fraction of sp³-hybridized carbons (Fsp3) is 0.608. The number of piperidine rings is 1. The van der Waals surface area contributed by atoms with Gasteiger partial charge in [0.2, 0.25) is 5.91 Å². The molecule has 0 spiro atoms. The van der Waals surface area contributed by atoms with Crippen molar-refractivity contribution < 1.29 is 24.2 Å². The van der Waals surface area contributed by atoms with Crippen LogP contribution in [-0.4, -0.2) is 57.8 Å². The number of benzene rings is 3. The highest BCUT2D eigenvalue weighted by Gasteiger charge is 2.52. The van der Waals surface area contributed by atoms with E-state index in [1.54, 1.807) is 0 Å². The first-order valence-corrected chi connectivity index (χ1v) is 23.3. The topological polar surface area (TPSA) is 112 Å². The molecule has 5 saturated carbocycles. The van der Waals surface area contributed by atoms with Crippen LogP contribution >= 0.6 is 0 Å². The zero-order valence-electron chi connectivity index (χ0n) is 36.3. The number of amides is 3. The monoisotopic (exact) mass is 817 g/mol. The third-order valence-corrected chi connectivity index (χ3v) is 15.2. The first kappa shape index (κ1) is 41.6. The molecule has 322 valence electrons. The van der Waals surface area contributed by atoms with Gasteiger partial charge in [0.25, 0.3) is 0 Å². The zero-order valence-corrected chi connectivity index (χ0v) is 36.3. The van der Waals surface area contributed by atoms with Crippen LogP contribution in [-0.2, 0) is 27.4 Å². The van der Waals surface area contributed by atoms with Crippen molar-refractivity contribution in [2.75, 3.05) is 6.54 Å². The van der Waals surface area contributed by atoms with E-state index in [1.807, 2.05) is 18.2 Å². The van der Waals surface area contributed by atoms with Crippen LogP contribution in [0.4, 0.5) is 4.79 Å². The Morgan fingerprint density at radius 1 is 0.817 bits per heavy atom. The van der Waals surface area contributed by atoms with Crippen LogP contribution in [0.3, 0.4) is 0 Å². The minimum absolute atomic E-state index is 0.00811. The van der Waals surface area contributed by atoms with Crippen molar-refractivity contribution in [3.63, 3.8) is 0 Å². The molecule has 3 amide bonds. The Morgan fingerprint density at radius 3 is 2.17 bits per heavy atom. The van der Waals surface area contributed by atoms with Crippen molar-refractivity contribution >= 4 is 11.9 Å². The standard InChI is InChI=1S/C51H68N4O5/c1-32-45(30-55-43-12-8-6-9-38(43)21-22-44(55)47(57)53-50(2,3)4)59-48(60-46(32)39-15-13-33(31-56)14-16-39)40-19-17-37(18-20-40)42-11-7-5-10-41(42)29-52-49(58)54-51-26-34-23-35(27-51)25-36(24-34)28-51/h5,7,10-11,13-20,32,34-36,38,43-46,48,56H,6,8-9,12,21-31H2,1-4H3,(H,53,57)(H2,52,54,58). The zero-order chi connectivity index (χ0) is 41.6. The second-order valence-corrected chi connectivity index (χ2v) is 20.7. The molecule has 7 fully saturated rings. The Kier molecular flexibility index (Phi) is 11.9. The second kappa shape index (κ2) is 17.2. The summed E-state index contributed by atoms with van der Waals surface area (Å²) in [4.78, 5) is 29.9. The molecule has 9 nitrogen and oxygen atoms in total. The molecule has 0 radical (unpaired) electrons. The predicted molar refractivity (Wildman–Crippen MR) is 234 cm³/mol. The summed E-state index contributed by atoms with van der Waals surface area (Å²) in [5.41, 5.74) is 5.76. The molecule has 3 aromatic rings. The van der Waals surface area contributed by atoms with Gasteiger partial charge in [-0.25, -0.2) is 4.79 Å². The number of hydrogen-bond donors (Lipinski definition) is 4. The Morgan fingerprint density at radius 2 is 1.48 bits per heavy atom. The highest BCUT2D eigenvalue weighted by Crippen LogP contribution is 2.55. The molecule has 7 unspecified atom stereocenters. The molecule has 4 N–H and O–H groups in total. The summed E-state index contributed by atoms with van der Waals surface area (Å²) >= 11 is 0. The summed E-state index contributed by atoms with van der Waals surface area (Å²) in [5.74, 6) is 3.07. The first-order valence-electron chi connectivity index (χ1n) is 23.3. The lowest BCUT2D eigenvalue weighted by atomic mass is 9.53. The normalized spacial score (nSPS) is 33.8. The van der Waals surface area contributed by atoms with Gasteiger partial charge < -0.3 is 30.5 Å². The molecular weight excluding hydrogens is 749 g/mol. The van der Waals surface area contributed by atoms with Gasteiger partial charge in [-0.15, -0.1) is 0 Å². The lowest BCUT2D eigenvalue weighted by Crippen LogP contribution is -2.61. The molecule has 10 rings (SSSR count). The van der Waals surface area contributed by atoms with Crippen LogP contribution in [0, 0.1) is 29.6 Å². The fourth-order valence-corrected chi connectivity index (χ4v) is 12.8. The maximum absolute atomic E-state index is 14.0. The number of nitrogens with zero attached hydrogens (tertiary/aromatic N) is 1. The lowest BCUT2D eigenvalue weighted by molar-refractivity contribution is -0.278. The molecule has 7 aliphatic rings. The highest BCUT2D eigenvalue weighted by atomic mass is 16.7. The van der Waals surface area contributed by atoms with Crippen LogP contribution in [0.2, 0.25) is 0 Å². The van der Waals surface area contributed by atoms with Crippen LogP contribution in [0.1, 0.15) is 139 Å². The van der Waals surface area contributed by atoms with Crippen molar-refractivity contribution in [2.24, 2.45) is 29.6 Å². The summed E-state index contributed by atoms with van der Waals surface area (Å²) in [6.07, 6.45) is 13.2. The number of rotatable bonds is 10. The number of aliphatic hydroxyl groups excluding tert-OH is 1. The van der Waals surface area contributed by atoms with Crippen molar-refractivity contribution in [3.8, 4) is 11.1 Å². The van der Waals surface area contributed by atoms with E-state index in [4.69, 9.17) is 9.47 Å². The van der Waals surface area contributed by atoms with Gasteiger partial charge >= 0.3 is 6.03 Å².